The summed E-state index contributed by atoms with van der Waals surface area (Å²) in [5.74, 6) is 1.03. The predicted octanol–water partition coefficient (Wildman–Crippen LogP) is 3.96. The summed E-state index contributed by atoms with van der Waals surface area (Å²) in [5, 5.41) is 4.62. The Bertz CT molecular complexity index is 350. The molecule has 0 bridgehead atoms. The van der Waals surface area contributed by atoms with E-state index in [-0.39, 0.29) is 5.41 Å². The molecule has 1 aromatic rings. The van der Waals surface area contributed by atoms with Gasteiger partial charge in [0.25, 0.3) is 0 Å². The summed E-state index contributed by atoms with van der Waals surface area (Å²) in [7, 11) is 0. The molecule has 0 amide bonds. The van der Waals surface area contributed by atoms with Crippen LogP contribution >= 0.6 is 27.7 Å². The molecule has 1 aromatic heterocycles. The second-order valence-corrected chi connectivity index (χ2v) is 6.94. The Morgan fingerprint density at radius 1 is 1.47 bits per heavy atom. The van der Waals surface area contributed by atoms with Crippen molar-refractivity contribution in [3.63, 3.8) is 0 Å². The van der Waals surface area contributed by atoms with Gasteiger partial charge in [-0.3, -0.25) is 0 Å². The second kappa shape index (κ2) is 6.76. The highest BCUT2D eigenvalue weighted by molar-refractivity contribution is 9.10. The topological polar surface area (TPSA) is 24.9 Å². The van der Waals surface area contributed by atoms with Gasteiger partial charge in [0, 0.05) is 22.5 Å². The molecular weight excluding hydrogens is 296 g/mol. The van der Waals surface area contributed by atoms with Gasteiger partial charge in [-0.1, -0.05) is 27.7 Å². The quantitative estimate of drug-likeness (QED) is 0.832. The number of thioether (sulfide) groups is 1. The predicted molar refractivity (Wildman–Crippen MR) is 79.6 cm³/mol. The zero-order chi connectivity index (χ0) is 12.9. The first-order chi connectivity index (χ1) is 7.95. The zero-order valence-electron chi connectivity index (χ0n) is 11.0. The third kappa shape index (κ3) is 4.98. The van der Waals surface area contributed by atoms with Gasteiger partial charge >= 0.3 is 0 Å². The van der Waals surface area contributed by atoms with E-state index in [0.29, 0.717) is 6.04 Å². The van der Waals surface area contributed by atoms with Crippen LogP contribution < -0.4 is 5.32 Å². The number of halogens is 1. The lowest BCUT2D eigenvalue weighted by molar-refractivity contribution is 0.295. The fraction of sp³-hybridized carbons (Fsp3) is 0.615. The van der Waals surface area contributed by atoms with E-state index in [9.17, 15) is 0 Å². The normalized spacial score (nSPS) is 13.7. The van der Waals surface area contributed by atoms with E-state index in [1.54, 1.807) is 11.8 Å². The Hall–Kier alpha value is -0.0600. The van der Waals surface area contributed by atoms with E-state index in [0.717, 1.165) is 21.8 Å². The number of rotatable bonds is 5. The molecule has 0 fully saturated rings. The van der Waals surface area contributed by atoms with Crippen molar-refractivity contribution < 1.29 is 0 Å². The van der Waals surface area contributed by atoms with Gasteiger partial charge in [-0.2, -0.15) is 0 Å². The van der Waals surface area contributed by atoms with E-state index >= 15 is 0 Å². The first kappa shape index (κ1) is 15.0. The van der Waals surface area contributed by atoms with E-state index in [4.69, 9.17) is 0 Å². The molecular formula is C13H21BrN2S. The van der Waals surface area contributed by atoms with Crippen LogP contribution in [-0.4, -0.2) is 23.3 Å². The number of nitrogens with zero attached hydrogens (tertiary/aromatic N) is 1. The molecule has 1 unspecified atom stereocenters. The Balaban J connectivity index is 2.61. The summed E-state index contributed by atoms with van der Waals surface area (Å²) in [6, 6.07) is 4.47. The Kier molecular flexibility index (Phi) is 5.97. The maximum Gasteiger partial charge on any atom is 0.110 e. The SMILES string of the molecule is CCNC(CSc1ncccc1Br)C(C)(C)C. The monoisotopic (exact) mass is 316 g/mol. The van der Waals surface area contributed by atoms with Gasteiger partial charge in [-0.05, 0) is 40.0 Å². The minimum atomic E-state index is 0.268. The van der Waals surface area contributed by atoms with Crippen LogP contribution in [0.3, 0.4) is 0 Å². The van der Waals surface area contributed by atoms with Crippen LogP contribution in [0.5, 0.6) is 0 Å². The lowest BCUT2D eigenvalue weighted by atomic mass is 9.88. The van der Waals surface area contributed by atoms with E-state index in [2.05, 4.69) is 53.9 Å². The van der Waals surface area contributed by atoms with Gasteiger partial charge in [0.1, 0.15) is 5.03 Å². The summed E-state index contributed by atoms with van der Waals surface area (Å²) in [4.78, 5) is 4.38. The lowest BCUT2D eigenvalue weighted by Crippen LogP contribution is -2.42. The summed E-state index contributed by atoms with van der Waals surface area (Å²) >= 11 is 5.33. The standard InChI is InChI=1S/C13H21BrN2S/c1-5-15-11(13(2,3)4)9-17-12-10(14)7-6-8-16-12/h6-8,11,15H,5,9H2,1-4H3. The van der Waals surface area contributed by atoms with Crippen LogP contribution in [-0.2, 0) is 0 Å². The fourth-order valence-corrected chi connectivity index (χ4v) is 3.38. The Morgan fingerprint density at radius 3 is 2.71 bits per heavy atom. The van der Waals surface area contributed by atoms with E-state index in [1.165, 1.54) is 0 Å². The molecule has 1 heterocycles. The first-order valence-electron chi connectivity index (χ1n) is 5.92. The van der Waals surface area contributed by atoms with Crippen LogP contribution in [0.15, 0.2) is 27.8 Å². The third-order valence-corrected chi connectivity index (χ3v) is 4.61. The second-order valence-electron chi connectivity index (χ2n) is 5.08. The lowest BCUT2D eigenvalue weighted by Gasteiger charge is -2.31. The van der Waals surface area contributed by atoms with Crippen molar-refractivity contribution in [2.45, 2.75) is 38.8 Å². The summed E-state index contributed by atoms with van der Waals surface area (Å²) in [5.41, 5.74) is 0.268. The molecule has 1 N–H and O–H groups in total. The van der Waals surface area contributed by atoms with Crippen molar-refractivity contribution in [3.8, 4) is 0 Å². The van der Waals surface area contributed by atoms with Crippen molar-refractivity contribution in [1.29, 1.82) is 0 Å². The Labute approximate surface area is 117 Å². The third-order valence-electron chi connectivity index (χ3n) is 2.61. The molecule has 0 aliphatic carbocycles. The highest BCUT2D eigenvalue weighted by atomic mass is 79.9. The van der Waals surface area contributed by atoms with Crippen LogP contribution in [0.1, 0.15) is 27.7 Å². The number of hydrogen-bond donors (Lipinski definition) is 1. The van der Waals surface area contributed by atoms with Gasteiger partial charge in [-0.15, -0.1) is 11.8 Å². The number of nitrogens with one attached hydrogen (secondary N) is 1. The number of hydrogen-bond acceptors (Lipinski definition) is 3. The van der Waals surface area contributed by atoms with Gasteiger partial charge in [-0.25, -0.2) is 4.98 Å². The summed E-state index contributed by atoms with van der Waals surface area (Å²) in [6.45, 7) is 9.98. The zero-order valence-corrected chi connectivity index (χ0v) is 13.4. The molecule has 0 saturated carbocycles. The van der Waals surface area contributed by atoms with Crippen LogP contribution in [0.25, 0.3) is 0 Å². The van der Waals surface area contributed by atoms with Gasteiger partial charge in [0.05, 0.1) is 0 Å². The molecule has 4 heteroatoms. The average molecular weight is 317 g/mol. The molecule has 96 valence electrons. The van der Waals surface area contributed by atoms with E-state index < -0.39 is 0 Å². The molecule has 0 aromatic carbocycles. The van der Waals surface area contributed by atoms with Crippen LogP contribution in [0, 0.1) is 5.41 Å². The molecule has 0 saturated heterocycles. The summed E-state index contributed by atoms with van der Waals surface area (Å²) in [6.07, 6.45) is 1.84. The highest BCUT2D eigenvalue weighted by Gasteiger charge is 2.23. The van der Waals surface area contributed by atoms with Gasteiger partial charge < -0.3 is 5.32 Å². The largest absolute Gasteiger partial charge is 0.313 e. The molecule has 0 spiro atoms. The van der Waals surface area contributed by atoms with Crippen molar-refractivity contribution in [3.05, 3.63) is 22.8 Å². The van der Waals surface area contributed by atoms with Crippen molar-refractivity contribution in [2.24, 2.45) is 5.41 Å². The van der Waals surface area contributed by atoms with Crippen molar-refractivity contribution in [2.75, 3.05) is 12.3 Å². The van der Waals surface area contributed by atoms with E-state index in [1.807, 2.05) is 18.3 Å². The van der Waals surface area contributed by atoms with Crippen molar-refractivity contribution in [1.82, 2.24) is 10.3 Å². The van der Waals surface area contributed by atoms with Gasteiger partial charge in [0.2, 0.25) is 0 Å². The number of aromatic nitrogens is 1. The smallest absolute Gasteiger partial charge is 0.110 e. The molecule has 0 radical (unpaired) electrons. The molecule has 0 aliphatic rings. The molecule has 1 atom stereocenters. The minimum Gasteiger partial charge on any atom is -0.313 e. The fourth-order valence-electron chi connectivity index (χ4n) is 1.50. The highest BCUT2D eigenvalue weighted by Crippen LogP contribution is 2.29. The molecule has 17 heavy (non-hydrogen) atoms. The molecule has 2 nitrogen and oxygen atoms in total. The van der Waals surface area contributed by atoms with Crippen molar-refractivity contribution >= 4 is 27.7 Å². The minimum absolute atomic E-state index is 0.268. The summed E-state index contributed by atoms with van der Waals surface area (Å²) < 4.78 is 1.08. The van der Waals surface area contributed by atoms with Crippen LogP contribution in [0.4, 0.5) is 0 Å². The van der Waals surface area contributed by atoms with Gasteiger partial charge in [0.15, 0.2) is 0 Å². The van der Waals surface area contributed by atoms with Crippen LogP contribution in [0.2, 0.25) is 0 Å². The molecule has 1 rings (SSSR count). The number of pyridine rings is 1. The Morgan fingerprint density at radius 2 is 2.18 bits per heavy atom. The first-order valence-corrected chi connectivity index (χ1v) is 7.69. The maximum absolute atomic E-state index is 4.38. The average Bonchev–Trinajstić information content (AvgIpc) is 2.24. The molecule has 0 aliphatic heterocycles. The maximum atomic E-state index is 4.38.